The van der Waals surface area contributed by atoms with Gasteiger partial charge < -0.3 is 14.5 Å². The van der Waals surface area contributed by atoms with E-state index >= 15 is 0 Å². The predicted octanol–water partition coefficient (Wildman–Crippen LogP) is 3.92. The number of amides is 2. The molecule has 28 heavy (non-hydrogen) atoms. The topological polar surface area (TPSA) is 49.9 Å². The number of rotatable bonds is 5. The lowest BCUT2D eigenvalue weighted by Crippen LogP contribution is -2.41. The lowest BCUT2D eigenvalue weighted by atomic mass is 9.98. The van der Waals surface area contributed by atoms with Crippen LogP contribution >= 0.6 is 11.3 Å². The van der Waals surface area contributed by atoms with Gasteiger partial charge in [0.2, 0.25) is 0 Å². The van der Waals surface area contributed by atoms with Gasteiger partial charge in [0.1, 0.15) is 5.75 Å². The van der Waals surface area contributed by atoms with Gasteiger partial charge in [-0.1, -0.05) is 6.07 Å². The van der Waals surface area contributed by atoms with E-state index in [9.17, 15) is 9.59 Å². The molecule has 5 nitrogen and oxygen atoms in total. The Morgan fingerprint density at radius 3 is 2.57 bits per heavy atom. The number of carbonyl (C=O) groups is 2. The Hall–Kier alpha value is -2.34. The molecule has 2 aromatic rings. The Balaban J connectivity index is 1.33. The summed E-state index contributed by atoms with van der Waals surface area (Å²) < 4.78 is 6.01. The Kier molecular flexibility index (Phi) is 5.95. The van der Waals surface area contributed by atoms with Crippen molar-refractivity contribution in [2.24, 2.45) is 5.92 Å². The number of hydrogen-bond donors (Lipinski definition) is 0. The second kappa shape index (κ2) is 8.78. The quantitative estimate of drug-likeness (QED) is 0.767. The van der Waals surface area contributed by atoms with E-state index in [1.807, 2.05) is 50.9 Å². The number of piperidine rings is 1. The van der Waals surface area contributed by atoms with Gasteiger partial charge in [0.15, 0.2) is 0 Å². The van der Waals surface area contributed by atoms with Crippen LogP contribution in [0.4, 0.5) is 0 Å². The van der Waals surface area contributed by atoms with E-state index in [1.165, 1.54) is 0 Å². The molecule has 2 amide bonds. The van der Waals surface area contributed by atoms with Crippen LogP contribution in [0, 0.1) is 5.92 Å². The van der Waals surface area contributed by atoms with Crippen molar-refractivity contribution in [2.75, 3.05) is 32.8 Å². The van der Waals surface area contributed by atoms with Gasteiger partial charge in [-0.3, -0.25) is 9.59 Å². The van der Waals surface area contributed by atoms with E-state index in [2.05, 4.69) is 0 Å². The lowest BCUT2D eigenvalue weighted by molar-refractivity contribution is 0.0633. The number of hydrogen-bond acceptors (Lipinski definition) is 4. The molecule has 0 aliphatic carbocycles. The molecular weight excluding hydrogens is 372 g/mol. The van der Waals surface area contributed by atoms with Crippen LogP contribution in [0.1, 0.15) is 46.4 Å². The molecule has 1 atom stereocenters. The Morgan fingerprint density at radius 1 is 1.00 bits per heavy atom. The van der Waals surface area contributed by atoms with Crippen molar-refractivity contribution in [3.8, 4) is 5.75 Å². The van der Waals surface area contributed by atoms with Crippen molar-refractivity contribution in [1.29, 1.82) is 0 Å². The standard InChI is InChI=1S/C22H26N2O3S/c25-21(23-9-1-2-10-23)18-6-3-7-20(13-18)27-15-17-5-4-11-24(14-17)22(26)19-8-12-28-16-19/h3,6-8,12-13,16-17H,1-2,4-5,9-11,14-15H2/t17-/m0/s1. The highest BCUT2D eigenvalue weighted by atomic mass is 32.1. The van der Waals surface area contributed by atoms with Gasteiger partial charge in [0.05, 0.1) is 12.2 Å². The molecule has 2 saturated heterocycles. The van der Waals surface area contributed by atoms with E-state index in [-0.39, 0.29) is 11.8 Å². The van der Waals surface area contributed by atoms with Crippen molar-refractivity contribution >= 4 is 23.2 Å². The monoisotopic (exact) mass is 398 g/mol. The Morgan fingerprint density at radius 2 is 1.79 bits per heavy atom. The first-order valence-electron chi connectivity index (χ1n) is 10.0. The van der Waals surface area contributed by atoms with Crippen LogP contribution in [0.2, 0.25) is 0 Å². The molecule has 0 bridgehead atoms. The molecule has 4 rings (SSSR count). The third kappa shape index (κ3) is 4.38. The van der Waals surface area contributed by atoms with Crippen molar-refractivity contribution in [3.63, 3.8) is 0 Å². The van der Waals surface area contributed by atoms with Crippen molar-refractivity contribution in [1.82, 2.24) is 9.80 Å². The van der Waals surface area contributed by atoms with E-state index in [1.54, 1.807) is 11.3 Å². The molecule has 3 heterocycles. The van der Waals surface area contributed by atoms with E-state index in [0.717, 1.165) is 63.2 Å². The minimum absolute atomic E-state index is 0.0909. The van der Waals surface area contributed by atoms with Gasteiger partial charge in [0.25, 0.3) is 11.8 Å². The van der Waals surface area contributed by atoms with E-state index in [4.69, 9.17) is 4.74 Å². The second-order valence-corrected chi connectivity index (χ2v) is 8.39. The highest BCUT2D eigenvalue weighted by molar-refractivity contribution is 7.08. The zero-order valence-electron chi connectivity index (χ0n) is 16.0. The number of thiophene rings is 1. The summed E-state index contributed by atoms with van der Waals surface area (Å²) in [5, 5.41) is 3.85. The zero-order chi connectivity index (χ0) is 19.3. The molecule has 6 heteroatoms. The number of benzene rings is 1. The zero-order valence-corrected chi connectivity index (χ0v) is 16.8. The molecule has 0 saturated carbocycles. The smallest absolute Gasteiger partial charge is 0.254 e. The molecule has 0 radical (unpaired) electrons. The third-order valence-electron chi connectivity index (χ3n) is 5.53. The van der Waals surface area contributed by atoms with E-state index < -0.39 is 0 Å². The van der Waals surface area contributed by atoms with Crippen LogP contribution in [-0.4, -0.2) is 54.4 Å². The van der Waals surface area contributed by atoms with Crippen molar-refractivity contribution in [3.05, 3.63) is 52.2 Å². The minimum atomic E-state index is 0.0909. The average Bonchev–Trinajstić information content (AvgIpc) is 3.46. The number of likely N-dealkylation sites (tertiary alicyclic amines) is 2. The number of ether oxygens (including phenoxy) is 1. The Labute approximate surface area is 169 Å². The average molecular weight is 399 g/mol. The first-order chi connectivity index (χ1) is 13.7. The fourth-order valence-corrected chi connectivity index (χ4v) is 4.62. The van der Waals surface area contributed by atoms with Crippen LogP contribution in [-0.2, 0) is 0 Å². The molecule has 2 aliphatic rings. The summed E-state index contributed by atoms with van der Waals surface area (Å²) >= 11 is 1.55. The predicted molar refractivity (Wildman–Crippen MR) is 110 cm³/mol. The van der Waals surface area contributed by atoms with Gasteiger partial charge in [-0.2, -0.15) is 11.3 Å². The SMILES string of the molecule is O=C(c1cccc(OC[C@H]2CCCN(C(=O)c3ccsc3)C2)c1)N1CCCC1. The molecule has 0 unspecified atom stereocenters. The minimum Gasteiger partial charge on any atom is -0.493 e. The Bertz CT molecular complexity index is 815. The number of carbonyl (C=O) groups excluding carboxylic acids is 2. The third-order valence-corrected chi connectivity index (χ3v) is 6.22. The molecular formula is C22H26N2O3S. The first-order valence-corrected chi connectivity index (χ1v) is 11.0. The van der Waals surface area contributed by atoms with Crippen LogP contribution in [0.3, 0.4) is 0 Å². The summed E-state index contributed by atoms with van der Waals surface area (Å²) in [5.41, 5.74) is 1.47. The van der Waals surface area contributed by atoms with Crippen LogP contribution < -0.4 is 4.74 Å². The summed E-state index contributed by atoms with van der Waals surface area (Å²) in [6.07, 6.45) is 4.23. The molecule has 1 aromatic heterocycles. The van der Waals surface area contributed by atoms with Crippen LogP contribution in [0.15, 0.2) is 41.1 Å². The van der Waals surface area contributed by atoms with Gasteiger partial charge in [0, 0.05) is 43.0 Å². The highest BCUT2D eigenvalue weighted by Gasteiger charge is 2.25. The van der Waals surface area contributed by atoms with Gasteiger partial charge in [-0.05, 0) is 55.3 Å². The maximum Gasteiger partial charge on any atom is 0.254 e. The summed E-state index contributed by atoms with van der Waals surface area (Å²) in [4.78, 5) is 29.0. The van der Waals surface area contributed by atoms with Gasteiger partial charge in [-0.15, -0.1) is 0 Å². The fraction of sp³-hybridized carbons (Fsp3) is 0.455. The van der Waals surface area contributed by atoms with Crippen molar-refractivity contribution < 1.29 is 14.3 Å². The molecule has 0 spiro atoms. The molecule has 1 aromatic carbocycles. The molecule has 148 valence electrons. The molecule has 2 fully saturated rings. The first kappa shape index (κ1) is 19.0. The van der Waals surface area contributed by atoms with Gasteiger partial charge >= 0.3 is 0 Å². The summed E-state index contributed by atoms with van der Waals surface area (Å²) in [5.74, 6) is 1.25. The lowest BCUT2D eigenvalue weighted by Gasteiger charge is -2.32. The highest BCUT2D eigenvalue weighted by Crippen LogP contribution is 2.22. The summed E-state index contributed by atoms with van der Waals surface area (Å²) in [6.45, 7) is 3.79. The molecule has 0 N–H and O–H groups in total. The molecule has 2 aliphatic heterocycles. The van der Waals surface area contributed by atoms with Crippen LogP contribution in [0.5, 0.6) is 5.75 Å². The van der Waals surface area contributed by atoms with Crippen LogP contribution in [0.25, 0.3) is 0 Å². The van der Waals surface area contributed by atoms with E-state index in [0.29, 0.717) is 18.1 Å². The summed E-state index contributed by atoms with van der Waals surface area (Å²) in [7, 11) is 0. The number of nitrogens with zero attached hydrogens (tertiary/aromatic N) is 2. The largest absolute Gasteiger partial charge is 0.493 e. The maximum atomic E-state index is 12.6. The maximum absolute atomic E-state index is 12.6. The fourth-order valence-electron chi connectivity index (χ4n) is 3.99. The van der Waals surface area contributed by atoms with Gasteiger partial charge in [-0.25, -0.2) is 0 Å². The normalized spacial score (nSPS) is 19.6. The van der Waals surface area contributed by atoms with Crippen molar-refractivity contribution in [2.45, 2.75) is 25.7 Å². The second-order valence-electron chi connectivity index (χ2n) is 7.61. The summed E-state index contributed by atoms with van der Waals surface area (Å²) in [6, 6.07) is 9.37.